The van der Waals surface area contributed by atoms with Crippen LogP contribution in [0.4, 0.5) is 0 Å². The molecule has 1 aromatic heterocycles. The van der Waals surface area contributed by atoms with Crippen LogP contribution in [-0.2, 0) is 0 Å². The number of rotatable bonds is 4. The fourth-order valence-corrected chi connectivity index (χ4v) is 7.10. The van der Waals surface area contributed by atoms with Gasteiger partial charge in [-0.05, 0) is 84.0 Å². The maximum Gasteiger partial charge on any atom is 0.145 e. The van der Waals surface area contributed by atoms with E-state index in [1.54, 1.807) is 53.1 Å². The third-order valence-corrected chi connectivity index (χ3v) is 9.11. The van der Waals surface area contributed by atoms with Crippen LogP contribution in [-0.4, -0.2) is 9.55 Å². The van der Waals surface area contributed by atoms with Crippen molar-refractivity contribution >= 4 is 54.1 Å². The van der Waals surface area contributed by atoms with Crippen molar-refractivity contribution in [2.24, 2.45) is 0 Å². The Morgan fingerprint density at radius 1 is 0.449 bits per heavy atom. The Morgan fingerprint density at radius 3 is 1.73 bits per heavy atom. The highest BCUT2D eigenvalue weighted by molar-refractivity contribution is 6.26. The van der Waals surface area contributed by atoms with Gasteiger partial charge in [-0.15, -0.1) is 0 Å². The van der Waals surface area contributed by atoms with Crippen molar-refractivity contribution < 1.29 is 17.8 Å². The quantitative estimate of drug-likeness (QED) is 0.139. The summed E-state index contributed by atoms with van der Waals surface area (Å²) in [5.41, 5.74) is 2.08. The Labute approximate surface area is 302 Å². The number of fused-ring (bicyclic) bond motifs is 6. The summed E-state index contributed by atoms with van der Waals surface area (Å²) in [5, 5.41) is 3.37. The molecule has 0 aliphatic carbocycles. The predicted octanol–water partition coefficient (Wildman–Crippen LogP) is 12.6. The molecule has 0 spiro atoms. The average Bonchev–Trinajstić information content (AvgIpc) is 3.67. The molecule has 0 N–H and O–H groups in total. The molecule has 0 saturated carbocycles. The van der Waals surface area contributed by atoms with Crippen molar-refractivity contribution in [3.05, 3.63) is 182 Å². The number of nitrogens with zero attached hydrogens (tertiary/aromatic N) is 2. The highest BCUT2D eigenvalue weighted by Gasteiger charge is 2.22. The first-order valence-corrected chi connectivity index (χ1v) is 15.8. The summed E-state index contributed by atoms with van der Waals surface area (Å²) in [4.78, 5) is 4.83. The Balaban J connectivity index is 1.46. The lowest BCUT2D eigenvalue weighted by Crippen LogP contribution is -2.01. The molecule has 1 heterocycles. The molecule has 49 heavy (non-hydrogen) atoms. The number of aromatic nitrogens is 2. The molecule has 0 atom stereocenters. The summed E-state index contributed by atoms with van der Waals surface area (Å²) < 4.78 is 119. The topological polar surface area (TPSA) is 17.8 Å². The Kier molecular flexibility index (Phi) is 3.96. The minimum atomic E-state index is -0.577. The lowest BCUT2D eigenvalue weighted by molar-refractivity contribution is 1.10. The van der Waals surface area contributed by atoms with Gasteiger partial charge in [0.2, 0.25) is 0 Å². The molecular formula is C47H30N2. The number of hydrogen-bond acceptors (Lipinski definition) is 1. The molecule has 0 saturated heterocycles. The highest BCUT2D eigenvalue weighted by atomic mass is 15.1. The van der Waals surface area contributed by atoms with Gasteiger partial charge in [0.1, 0.15) is 5.82 Å². The van der Waals surface area contributed by atoms with Gasteiger partial charge in [-0.25, -0.2) is 4.98 Å². The molecule has 0 unspecified atom stereocenters. The van der Waals surface area contributed by atoms with Crippen LogP contribution in [0.25, 0.3) is 93.5 Å². The van der Waals surface area contributed by atoms with Crippen molar-refractivity contribution in [3.8, 4) is 39.3 Å². The van der Waals surface area contributed by atoms with Gasteiger partial charge in [0.15, 0.2) is 0 Å². The summed E-state index contributed by atoms with van der Waals surface area (Å²) in [7, 11) is 0. The van der Waals surface area contributed by atoms with E-state index < -0.39 is 78.6 Å². The number of imidazole rings is 1. The summed E-state index contributed by atoms with van der Waals surface area (Å²) >= 11 is 0. The highest BCUT2D eigenvalue weighted by Crippen LogP contribution is 2.48. The van der Waals surface area contributed by atoms with E-state index in [0.29, 0.717) is 27.7 Å². The van der Waals surface area contributed by atoms with Gasteiger partial charge >= 0.3 is 0 Å². The van der Waals surface area contributed by atoms with E-state index in [4.69, 9.17) is 17.3 Å². The van der Waals surface area contributed by atoms with Crippen molar-refractivity contribution in [3.63, 3.8) is 0 Å². The fourth-order valence-electron chi connectivity index (χ4n) is 7.10. The number of para-hydroxylation sites is 3. The van der Waals surface area contributed by atoms with Gasteiger partial charge in [0.05, 0.1) is 34.5 Å². The van der Waals surface area contributed by atoms with E-state index in [0.717, 1.165) is 16.2 Å². The van der Waals surface area contributed by atoms with Crippen LogP contribution in [0.3, 0.4) is 0 Å². The van der Waals surface area contributed by atoms with E-state index in [1.807, 2.05) is 54.6 Å². The smallest absolute Gasteiger partial charge is 0.145 e. The van der Waals surface area contributed by atoms with Gasteiger partial charge in [0, 0.05) is 11.1 Å². The zero-order valence-electron chi connectivity index (χ0n) is 38.7. The van der Waals surface area contributed by atoms with Crippen LogP contribution in [0.2, 0.25) is 0 Å². The Hall–Kier alpha value is -6.51. The number of benzene rings is 9. The molecule has 10 aromatic rings. The van der Waals surface area contributed by atoms with Crippen molar-refractivity contribution in [1.82, 2.24) is 9.55 Å². The van der Waals surface area contributed by atoms with Crippen LogP contribution >= 0.6 is 0 Å². The maximum atomic E-state index is 9.63. The summed E-state index contributed by atoms with van der Waals surface area (Å²) in [6, 6.07) is 24.4. The van der Waals surface area contributed by atoms with Crippen LogP contribution < -0.4 is 0 Å². The lowest BCUT2D eigenvalue weighted by Gasteiger charge is -2.21. The van der Waals surface area contributed by atoms with Crippen molar-refractivity contribution in [2.75, 3.05) is 0 Å². The molecule has 0 radical (unpaired) electrons. The van der Waals surface area contributed by atoms with Crippen LogP contribution in [0.1, 0.15) is 17.8 Å². The SMILES string of the molecule is [2H]c1c([2H])c([2H])c(-c2nc3ccccc3n2-c2ccccc2-c2c3c([2H])c([2H])c([2H])c([2H])c3c(-c3cc4ccccc4c4ccccc34)c3c([2H])c([2H])c([2H])c([2H])c23)c([2H])c1[2H]. The van der Waals surface area contributed by atoms with Crippen LogP contribution in [0.15, 0.2) is 182 Å². The van der Waals surface area contributed by atoms with Crippen molar-refractivity contribution in [1.29, 1.82) is 0 Å². The monoisotopic (exact) mass is 635 g/mol. The molecule has 2 nitrogen and oxygen atoms in total. The minimum absolute atomic E-state index is 0.00185. The molecule has 10 rings (SSSR count). The first-order valence-electron chi connectivity index (χ1n) is 22.3. The summed E-state index contributed by atoms with van der Waals surface area (Å²) in [6.45, 7) is 0. The second-order valence-electron chi connectivity index (χ2n) is 11.7. The average molecular weight is 636 g/mol. The van der Waals surface area contributed by atoms with Gasteiger partial charge in [-0.3, -0.25) is 4.57 Å². The van der Waals surface area contributed by atoms with Crippen molar-refractivity contribution in [2.45, 2.75) is 0 Å². The van der Waals surface area contributed by atoms with E-state index in [1.165, 1.54) is 0 Å². The Morgan fingerprint density at radius 2 is 1.00 bits per heavy atom. The second kappa shape index (κ2) is 11.0. The Bertz CT molecular complexity index is 3530. The molecule has 0 aliphatic heterocycles. The van der Waals surface area contributed by atoms with Gasteiger partial charge in [-0.1, -0.05) is 157 Å². The van der Waals surface area contributed by atoms with Gasteiger partial charge in [0.25, 0.3) is 0 Å². The van der Waals surface area contributed by atoms with Crippen LogP contribution in [0.5, 0.6) is 0 Å². The van der Waals surface area contributed by atoms with Gasteiger partial charge < -0.3 is 0 Å². The van der Waals surface area contributed by atoms with Crippen LogP contribution in [0, 0.1) is 0 Å². The molecular weight excluding hydrogens is 593 g/mol. The fraction of sp³-hybridized carbons (Fsp3) is 0. The third-order valence-electron chi connectivity index (χ3n) is 9.11. The molecule has 0 aliphatic rings. The summed E-state index contributed by atoms with van der Waals surface area (Å²) in [5.74, 6) is -0.00711. The third kappa shape index (κ3) is 4.24. The first-order chi connectivity index (χ1) is 29.7. The van der Waals surface area contributed by atoms with Gasteiger partial charge in [-0.2, -0.15) is 0 Å². The zero-order valence-corrected chi connectivity index (χ0v) is 25.7. The minimum Gasteiger partial charge on any atom is -0.292 e. The predicted molar refractivity (Wildman–Crippen MR) is 207 cm³/mol. The molecule has 0 amide bonds. The van der Waals surface area contributed by atoms with E-state index in [-0.39, 0.29) is 49.6 Å². The summed E-state index contributed by atoms with van der Waals surface area (Å²) in [6.07, 6.45) is 0. The maximum absolute atomic E-state index is 9.63. The van der Waals surface area contributed by atoms with E-state index in [2.05, 4.69) is 0 Å². The molecule has 0 fully saturated rings. The molecule has 2 heteroatoms. The molecule has 9 aromatic carbocycles. The molecule has 0 bridgehead atoms. The number of hydrogen-bond donors (Lipinski definition) is 0. The zero-order chi connectivity index (χ0) is 43.6. The standard InChI is InChI=1S/C47H30N2/c1-2-16-31(17-3-1)47-48-42-27-13-15-29-44(42)49(47)43-28-14-12-26-40(43)45-36-22-8-10-24-38(36)46(39-25-11-9-23-37(39)45)41-30-32-18-4-5-19-33(32)34-20-6-7-21-35(34)41/h1-30H/i1D,2D,3D,8D,9D,10D,11D,16D,17D,22D,23D,24D,25D. The largest absolute Gasteiger partial charge is 0.292 e. The lowest BCUT2D eigenvalue weighted by atomic mass is 9.83. The second-order valence-corrected chi connectivity index (χ2v) is 11.7. The van der Waals surface area contributed by atoms with E-state index >= 15 is 0 Å². The first kappa shape index (κ1) is 17.6. The normalized spacial score (nSPS) is 15.4. The molecule has 228 valence electrons. The van der Waals surface area contributed by atoms with E-state index in [9.17, 15) is 5.48 Å².